The van der Waals surface area contributed by atoms with Crippen LogP contribution in [0, 0.1) is 0 Å². The Morgan fingerprint density at radius 2 is 2.20 bits per heavy atom. The second kappa shape index (κ2) is 6.40. The largest absolute Gasteiger partial charge is 0.398 e. The van der Waals surface area contributed by atoms with E-state index in [9.17, 15) is 0 Å². The van der Waals surface area contributed by atoms with Gasteiger partial charge in [0.25, 0.3) is 0 Å². The molecule has 15 heavy (non-hydrogen) atoms. The number of rotatable bonds is 5. The molecule has 0 aliphatic carbocycles. The Morgan fingerprint density at radius 1 is 1.47 bits per heavy atom. The van der Waals surface area contributed by atoms with Gasteiger partial charge in [-0.3, -0.25) is 0 Å². The average molecular weight is 289 g/mol. The zero-order chi connectivity index (χ0) is 11.3. The Kier molecular flexibility index (Phi) is 5.50. The third kappa shape index (κ3) is 4.45. The lowest BCUT2D eigenvalue weighted by molar-refractivity contribution is 0.349. The van der Waals surface area contributed by atoms with E-state index < -0.39 is 0 Å². The first-order valence-electron chi connectivity index (χ1n) is 4.85. The molecule has 1 rings (SSSR count). The molecule has 0 amide bonds. The van der Waals surface area contributed by atoms with Crippen molar-refractivity contribution in [3.05, 3.63) is 28.2 Å². The molecule has 0 spiro atoms. The highest BCUT2D eigenvalue weighted by molar-refractivity contribution is 9.10. The number of hydrogen-bond donors (Lipinski definition) is 1. The molecule has 0 heterocycles. The van der Waals surface area contributed by atoms with Gasteiger partial charge in [-0.2, -0.15) is 11.8 Å². The molecule has 2 N–H and O–H groups in total. The third-order valence-corrected chi connectivity index (χ3v) is 3.50. The van der Waals surface area contributed by atoms with Gasteiger partial charge in [0, 0.05) is 29.0 Å². The molecule has 0 aliphatic heterocycles. The Hall–Kier alpha value is -0.190. The van der Waals surface area contributed by atoms with Crippen LogP contribution >= 0.6 is 27.7 Å². The smallest absolute Gasteiger partial charge is 0.0461 e. The summed E-state index contributed by atoms with van der Waals surface area (Å²) < 4.78 is 0.970. The minimum Gasteiger partial charge on any atom is -0.398 e. The van der Waals surface area contributed by atoms with Crippen LogP contribution in [0.5, 0.6) is 0 Å². The van der Waals surface area contributed by atoms with E-state index >= 15 is 0 Å². The zero-order valence-electron chi connectivity index (χ0n) is 9.16. The summed E-state index contributed by atoms with van der Waals surface area (Å²) in [6.07, 6.45) is 2.13. The van der Waals surface area contributed by atoms with E-state index in [0.717, 1.165) is 23.2 Å². The SMILES string of the molecule is CSCCN(C)Cc1ccc(Br)c(N)c1. The first kappa shape index (κ1) is 12.9. The average Bonchev–Trinajstić information content (AvgIpc) is 2.20. The van der Waals surface area contributed by atoms with Crippen LogP contribution in [0.2, 0.25) is 0 Å². The number of hydrogen-bond acceptors (Lipinski definition) is 3. The van der Waals surface area contributed by atoms with E-state index in [2.05, 4.69) is 40.2 Å². The predicted molar refractivity (Wildman–Crippen MR) is 73.3 cm³/mol. The van der Waals surface area contributed by atoms with Crippen LogP contribution in [-0.4, -0.2) is 30.5 Å². The number of nitrogens with zero attached hydrogens (tertiary/aromatic N) is 1. The van der Waals surface area contributed by atoms with Crippen molar-refractivity contribution in [2.75, 3.05) is 31.3 Å². The lowest BCUT2D eigenvalue weighted by Gasteiger charge is -2.16. The highest BCUT2D eigenvalue weighted by Crippen LogP contribution is 2.20. The lowest BCUT2D eigenvalue weighted by Crippen LogP contribution is -2.20. The maximum Gasteiger partial charge on any atom is 0.0461 e. The Bertz CT molecular complexity index is 317. The van der Waals surface area contributed by atoms with E-state index in [1.807, 2.05) is 23.9 Å². The summed E-state index contributed by atoms with van der Waals surface area (Å²) in [4.78, 5) is 2.30. The summed E-state index contributed by atoms with van der Waals surface area (Å²) >= 11 is 5.27. The van der Waals surface area contributed by atoms with E-state index in [1.165, 1.54) is 11.3 Å². The molecule has 0 saturated carbocycles. The fraction of sp³-hybridized carbons (Fsp3) is 0.455. The molecule has 0 unspecified atom stereocenters. The lowest BCUT2D eigenvalue weighted by atomic mass is 10.2. The van der Waals surface area contributed by atoms with Gasteiger partial charge in [-0.15, -0.1) is 0 Å². The van der Waals surface area contributed by atoms with Gasteiger partial charge in [0.05, 0.1) is 0 Å². The summed E-state index contributed by atoms with van der Waals surface area (Å²) in [6.45, 7) is 2.06. The van der Waals surface area contributed by atoms with Gasteiger partial charge in [0.15, 0.2) is 0 Å². The van der Waals surface area contributed by atoms with Crippen LogP contribution in [0.25, 0.3) is 0 Å². The molecule has 0 fully saturated rings. The highest BCUT2D eigenvalue weighted by Gasteiger charge is 2.02. The third-order valence-electron chi connectivity index (χ3n) is 2.19. The van der Waals surface area contributed by atoms with Crippen molar-refractivity contribution < 1.29 is 0 Å². The van der Waals surface area contributed by atoms with Gasteiger partial charge in [0.2, 0.25) is 0 Å². The summed E-state index contributed by atoms with van der Waals surface area (Å²) in [6, 6.07) is 6.14. The van der Waals surface area contributed by atoms with Crippen molar-refractivity contribution in [3.63, 3.8) is 0 Å². The first-order chi connectivity index (χ1) is 7.13. The topological polar surface area (TPSA) is 29.3 Å². The first-order valence-corrected chi connectivity index (χ1v) is 7.03. The van der Waals surface area contributed by atoms with Crippen LogP contribution in [0.1, 0.15) is 5.56 Å². The molecule has 0 aliphatic rings. The number of nitrogens with two attached hydrogens (primary N) is 1. The van der Waals surface area contributed by atoms with Crippen LogP contribution in [-0.2, 0) is 6.54 Å². The molecule has 4 heteroatoms. The molecule has 2 nitrogen and oxygen atoms in total. The van der Waals surface area contributed by atoms with E-state index in [0.29, 0.717) is 0 Å². The molecule has 0 bridgehead atoms. The fourth-order valence-electron chi connectivity index (χ4n) is 1.33. The fourth-order valence-corrected chi connectivity index (χ4v) is 2.07. The van der Waals surface area contributed by atoms with E-state index in [1.54, 1.807) is 0 Å². The number of nitrogen functional groups attached to an aromatic ring is 1. The standard InChI is InChI=1S/C11H17BrN2S/c1-14(5-6-15-2)8-9-3-4-10(12)11(13)7-9/h3-4,7H,5-6,8,13H2,1-2H3. The van der Waals surface area contributed by atoms with Gasteiger partial charge in [0.1, 0.15) is 0 Å². The molecule has 1 aromatic carbocycles. The number of halogens is 1. The molecular weight excluding hydrogens is 272 g/mol. The van der Waals surface area contributed by atoms with Crippen LogP contribution in [0.15, 0.2) is 22.7 Å². The van der Waals surface area contributed by atoms with Crippen LogP contribution < -0.4 is 5.73 Å². The van der Waals surface area contributed by atoms with Crippen molar-refractivity contribution in [3.8, 4) is 0 Å². The minimum atomic E-state index is 0.811. The van der Waals surface area contributed by atoms with Crippen molar-refractivity contribution >= 4 is 33.4 Å². The summed E-state index contributed by atoms with van der Waals surface area (Å²) in [5, 5.41) is 0. The van der Waals surface area contributed by atoms with Gasteiger partial charge in [-0.05, 0) is 46.9 Å². The zero-order valence-corrected chi connectivity index (χ0v) is 11.6. The monoisotopic (exact) mass is 288 g/mol. The molecule has 0 saturated heterocycles. The van der Waals surface area contributed by atoms with Gasteiger partial charge in [-0.25, -0.2) is 0 Å². The number of anilines is 1. The second-order valence-electron chi connectivity index (χ2n) is 3.59. The maximum absolute atomic E-state index is 5.83. The van der Waals surface area contributed by atoms with Crippen LogP contribution in [0.4, 0.5) is 5.69 Å². The summed E-state index contributed by atoms with van der Waals surface area (Å²) in [5.41, 5.74) is 7.90. The molecule has 0 atom stereocenters. The summed E-state index contributed by atoms with van der Waals surface area (Å²) in [5.74, 6) is 1.17. The summed E-state index contributed by atoms with van der Waals surface area (Å²) in [7, 11) is 2.13. The van der Waals surface area contributed by atoms with Crippen molar-refractivity contribution in [1.82, 2.24) is 4.90 Å². The second-order valence-corrected chi connectivity index (χ2v) is 5.43. The van der Waals surface area contributed by atoms with Crippen molar-refractivity contribution in [2.45, 2.75) is 6.54 Å². The molecule has 84 valence electrons. The van der Waals surface area contributed by atoms with Crippen LogP contribution in [0.3, 0.4) is 0 Å². The van der Waals surface area contributed by atoms with Gasteiger partial charge in [-0.1, -0.05) is 6.07 Å². The highest BCUT2D eigenvalue weighted by atomic mass is 79.9. The number of benzene rings is 1. The maximum atomic E-state index is 5.83. The minimum absolute atomic E-state index is 0.811. The normalized spacial score (nSPS) is 10.9. The van der Waals surface area contributed by atoms with Gasteiger partial charge < -0.3 is 10.6 Å². The molecule has 0 radical (unpaired) electrons. The van der Waals surface area contributed by atoms with Crippen molar-refractivity contribution in [2.24, 2.45) is 0 Å². The van der Waals surface area contributed by atoms with Gasteiger partial charge >= 0.3 is 0 Å². The predicted octanol–water partition coefficient (Wildman–Crippen LogP) is 2.83. The molecule has 1 aromatic rings. The quantitative estimate of drug-likeness (QED) is 0.845. The molecular formula is C11H17BrN2S. The van der Waals surface area contributed by atoms with E-state index in [4.69, 9.17) is 5.73 Å². The Balaban J connectivity index is 2.53. The molecule has 0 aromatic heterocycles. The van der Waals surface area contributed by atoms with Crippen molar-refractivity contribution in [1.29, 1.82) is 0 Å². The number of thioether (sulfide) groups is 1. The van der Waals surface area contributed by atoms with E-state index in [-0.39, 0.29) is 0 Å². The Labute approximate surface area is 104 Å². The Morgan fingerprint density at radius 3 is 2.80 bits per heavy atom.